The quantitative estimate of drug-likeness (QED) is 0.876. The Bertz CT molecular complexity index is 518. The van der Waals surface area contributed by atoms with Crippen LogP contribution in [0, 0.1) is 0 Å². The van der Waals surface area contributed by atoms with Gasteiger partial charge in [-0.25, -0.2) is 4.98 Å². The van der Waals surface area contributed by atoms with Crippen molar-refractivity contribution in [2.45, 2.75) is 32.0 Å². The van der Waals surface area contributed by atoms with Crippen molar-refractivity contribution in [3.8, 4) is 0 Å². The molecule has 0 aliphatic rings. The van der Waals surface area contributed by atoms with Gasteiger partial charge in [0.05, 0.1) is 18.1 Å². The van der Waals surface area contributed by atoms with E-state index in [1.807, 2.05) is 30.7 Å². The van der Waals surface area contributed by atoms with Gasteiger partial charge in [0.1, 0.15) is 0 Å². The molecule has 0 saturated heterocycles. The first-order chi connectivity index (χ1) is 9.58. The summed E-state index contributed by atoms with van der Waals surface area (Å²) in [4.78, 5) is 6.46. The summed E-state index contributed by atoms with van der Waals surface area (Å²) in [6.07, 6.45) is 4.60. The van der Waals surface area contributed by atoms with Crippen molar-refractivity contribution in [2.24, 2.45) is 5.73 Å². The number of hydrogen-bond acceptors (Lipinski definition) is 3. The summed E-state index contributed by atoms with van der Waals surface area (Å²) in [5, 5.41) is 0. The average molecular weight is 272 g/mol. The van der Waals surface area contributed by atoms with Crippen LogP contribution in [0.15, 0.2) is 42.9 Å². The molecular weight excluding hydrogens is 248 g/mol. The van der Waals surface area contributed by atoms with Gasteiger partial charge in [0.25, 0.3) is 0 Å². The minimum atomic E-state index is -0.0192. The smallest absolute Gasteiger partial charge is 0.0949 e. The Labute approximate surface area is 121 Å². The minimum Gasteiger partial charge on any atom is -0.332 e. The standard InChI is InChI=1S/C16H24N4/c1-13(19(2)3)11-20-12-18-10-16(20)15(17)9-14-7-5-4-6-8-14/h4-8,10,12-13,15H,9,11,17H2,1-3H3/t13?,15-/m1/s1. The lowest BCUT2D eigenvalue weighted by Crippen LogP contribution is -2.30. The second-order valence-corrected chi connectivity index (χ2v) is 5.58. The van der Waals surface area contributed by atoms with Crippen LogP contribution >= 0.6 is 0 Å². The highest BCUT2D eigenvalue weighted by Gasteiger charge is 2.14. The third kappa shape index (κ3) is 3.68. The lowest BCUT2D eigenvalue weighted by Gasteiger charge is -2.22. The highest BCUT2D eigenvalue weighted by atomic mass is 15.2. The highest BCUT2D eigenvalue weighted by molar-refractivity contribution is 5.18. The summed E-state index contributed by atoms with van der Waals surface area (Å²) in [7, 11) is 4.18. The first-order valence-electron chi connectivity index (χ1n) is 7.04. The SMILES string of the molecule is CC(Cn1cncc1[C@H](N)Cc1ccccc1)N(C)C. The van der Waals surface area contributed by atoms with E-state index in [0.29, 0.717) is 6.04 Å². The van der Waals surface area contributed by atoms with Gasteiger partial charge in [-0.3, -0.25) is 0 Å². The van der Waals surface area contributed by atoms with Crippen LogP contribution in [0.2, 0.25) is 0 Å². The van der Waals surface area contributed by atoms with Gasteiger partial charge in [-0.15, -0.1) is 0 Å². The van der Waals surface area contributed by atoms with Gasteiger partial charge in [-0.05, 0) is 33.0 Å². The number of benzene rings is 1. The first kappa shape index (κ1) is 14.8. The molecule has 1 unspecified atom stereocenters. The van der Waals surface area contributed by atoms with E-state index in [2.05, 4.69) is 47.6 Å². The Hall–Kier alpha value is -1.65. The number of rotatable bonds is 6. The van der Waals surface area contributed by atoms with E-state index in [1.54, 1.807) is 0 Å². The third-order valence-corrected chi connectivity index (χ3v) is 3.77. The monoisotopic (exact) mass is 272 g/mol. The van der Waals surface area contributed by atoms with Gasteiger partial charge in [0.2, 0.25) is 0 Å². The lowest BCUT2D eigenvalue weighted by molar-refractivity contribution is 0.280. The molecular formula is C16H24N4. The van der Waals surface area contributed by atoms with Gasteiger partial charge in [-0.2, -0.15) is 0 Å². The van der Waals surface area contributed by atoms with Crippen molar-refractivity contribution < 1.29 is 0 Å². The van der Waals surface area contributed by atoms with Crippen molar-refractivity contribution in [1.82, 2.24) is 14.5 Å². The Morgan fingerprint density at radius 2 is 1.95 bits per heavy atom. The number of hydrogen-bond donors (Lipinski definition) is 1. The zero-order valence-corrected chi connectivity index (χ0v) is 12.5. The maximum absolute atomic E-state index is 6.35. The molecule has 0 bridgehead atoms. The number of imidazole rings is 1. The molecule has 1 heterocycles. The summed E-state index contributed by atoms with van der Waals surface area (Å²) >= 11 is 0. The van der Waals surface area contributed by atoms with Gasteiger partial charge in [0.15, 0.2) is 0 Å². The van der Waals surface area contributed by atoms with Crippen molar-refractivity contribution in [2.75, 3.05) is 14.1 Å². The van der Waals surface area contributed by atoms with Gasteiger partial charge >= 0.3 is 0 Å². The molecule has 4 heteroatoms. The van der Waals surface area contributed by atoms with E-state index < -0.39 is 0 Å². The molecule has 0 radical (unpaired) electrons. The summed E-state index contributed by atoms with van der Waals surface area (Å²) in [5.41, 5.74) is 8.71. The van der Waals surface area contributed by atoms with Crippen LogP contribution in [0.25, 0.3) is 0 Å². The Balaban J connectivity index is 2.07. The van der Waals surface area contributed by atoms with E-state index in [4.69, 9.17) is 5.73 Å². The third-order valence-electron chi connectivity index (χ3n) is 3.77. The molecule has 0 spiro atoms. The second-order valence-electron chi connectivity index (χ2n) is 5.58. The van der Waals surface area contributed by atoms with E-state index in [-0.39, 0.29) is 6.04 Å². The van der Waals surface area contributed by atoms with Gasteiger partial charge < -0.3 is 15.2 Å². The predicted octanol–water partition coefficient (Wildman–Crippen LogP) is 2.08. The van der Waals surface area contributed by atoms with Crippen LogP contribution < -0.4 is 5.73 Å². The van der Waals surface area contributed by atoms with E-state index >= 15 is 0 Å². The zero-order chi connectivity index (χ0) is 14.5. The topological polar surface area (TPSA) is 47.1 Å². The molecule has 2 aromatic rings. The molecule has 1 aromatic heterocycles. The molecule has 108 valence electrons. The summed E-state index contributed by atoms with van der Waals surface area (Å²) in [6.45, 7) is 3.11. The fourth-order valence-corrected chi connectivity index (χ4v) is 2.21. The Morgan fingerprint density at radius 1 is 1.25 bits per heavy atom. The molecule has 2 atom stereocenters. The highest BCUT2D eigenvalue weighted by Crippen LogP contribution is 2.16. The van der Waals surface area contributed by atoms with E-state index in [0.717, 1.165) is 18.7 Å². The van der Waals surface area contributed by atoms with Crippen LogP contribution in [0.5, 0.6) is 0 Å². The normalized spacial score (nSPS) is 14.4. The predicted molar refractivity (Wildman–Crippen MR) is 82.5 cm³/mol. The van der Waals surface area contributed by atoms with Crippen molar-refractivity contribution in [3.63, 3.8) is 0 Å². The van der Waals surface area contributed by atoms with Crippen LogP contribution in [0.4, 0.5) is 0 Å². The van der Waals surface area contributed by atoms with Crippen molar-refractivity contribution in [1.29, 1.82) is 0 Å². The van der Waals surface area contributed by atoms with Crippen LogP contribution in [0.1, 0.15) is 24.2 Å². The van der Waals surface area contributed by atoms with Gasteiger partial charge in [0, 0.05) is 18.8 Å². The number of nitrogens with two attached hydrogens (primary N) is 1. The molecule has 2 rings (SSSR count). The molecule has 1 aromatic carbocycles. The van der Waals surface area contributed by atoms with E-state index in [9.17, 15) is 0 Å². The van der Waals surface area contributed by atoms with Gasteiger partial charge in [-0.1, -0.05) is 30.3 Å². The molecule has 0 aliphatic carbocycles. The van der Waals surface area contributed by atoms with Crippen molar-refractivity contribution in [3.05, 3.63) is 54.1 Å². The fourth-order valence-electron chi connectivity index (χ4n) is 2.21. The number of nitrogens with zero attached hydrogens (tertiary/aromatic N) is 3. The maximum Gasteiger partial charge on any atom is 0.0949 e. The molecule has 0 saturated carbocycles. The van der Waals surface area contributed by atoms with Crippen LogP contribution in [-0.2, 0) is 13.0 Å². The molecule has 0 amide bonds. The maximum atomic E-state index is 6.35. The second kappa shape index (κ2) is 6.68. The Kier molecular flexibility index (Phi) is 4.93. The molecule has 0 fully saturated rings. The average Bonchev–Trinajstić information content (AvgIpc) is 2.88. The molecule has 0 aliphatic heterocycles. The molecule has 20 heavy (non-hydrogen) atoms. The lowest BCUT2D eigenvalue weighted by atomic mass is 10.0. The zero-order valence-electron chi connectivity index (χ0n) is 12.5. The summed E-state index contributed by atoms with van der Waals surface area (Å²) in [6, 6.07) is 10.8. The largest absolute Gasteiger partial charge is 0.332 e. The summed E-state index contributed by atoms with van der Waals surface area (Å²) < 4.78 is 2.16. The fraction of sp³-hybridized carbons (Fsp3) is 0.438. The van der Waals surface area contributed by atoms with Crippen molar-refractivity contribution >= 4 is 0 Å². The molecule has 4 nitrogen and oxygen atoms in total. The first-order valence-corrected chi connectivity index (χ1v) is 7.04. The van der Waals surface area contributed by atoms with E-state index in [1.165, 1.54) is 5.56 Å². The van der Waals surface area contributed by atoms with Crippen LogP contribution in [-0.4, -0.2) is 34.6 Å². The minimum absolute atomic E-state index is 0.0192. The number of likely N-dealkylation sites (N-methyl/N-ethyl adjacent to an activating group) is 1. The molecule has 2 N–H and O–H groups in total. The Morgan fingerprint density at radius 3 is 2.60 bits per heavy atom. The number of aromatic nitrogens is 2. The summed E-state index contributed by atoms with van der Waals surface area (Å²) in [5.74, 6) is 0. The van der Waals surface area contributed by atoms with Crippen LogP contribution in [0.3, 0.4) is 0 Å².